The summed E-state index contributed by atoms with van der Waals surface area (Å²) in [6.45, 7) is 2.11. The fourth-order valence-electron chi connectivity index (χ4n) is 1.97. The van der Waals surface area contributed by atoms with Gasteiger partial charge in [0.2, 0.25) is 0 Å². The maximum Gasteiger partial charge on any atom is 0.138 e. The minimum Gasteiger partial charge on any atom is -0.489 e. The van der Waals surface area contributed by atoms with Gasteiger partial charge in [-0.05, 0) is 38.1 Å². The van der Waals surface area contributed by atoms with E-state index in [2.05, 4.69) is 33.9 Å². The van der Waals surface area contributed by atoms with Gasteiger partial charge in [-0.25, -0.2) is 0 Å². The molecule has 0 spiro atoms. The molecule has 90 valence electrons. The summed E-state index contributed by atoms with van der Waals surface area (Å²) in [4.78, 5) is 2.30. The van der Waals surface area contributed by atoms with Gasteiger partial charge in [0.25, 0.3) is 0 Å². The lowest BCUT2D eigenvalue weighted by Gasteiger charge is -2.29. The molecule has 0 aromatic heterocycles. The smallest absolute Gasteiger partial charge is 0.138 e. The Hall–Kier alpha value is -1.05. The van der Waals surface area contributed by atoms with E-state index in [0.29, 0.717) is 11.3 Å². The predicted octanol–water partition coefficient (Wildman–Crippen LogP) is 2.79. The molecule has 2 rings (SSSR count). The molecule has 1 fully saturated rings. The van der Waals surface area contributed by atoms with Crippen LogP contribution < -0.4 is 4.74 Å². The van der Waals surface area contributed by atoms with E-state index in [1.54, 1.807) is 6.07 Å². The zero-order chi connectivity index (χ0) is 12.3. The summed E-state index contributed by atoms with van der Waals surface area (Å²) < 4.78 is 6.87. The van der Waals surface area contributed by atoms with Crippen LogP contribution in [0, 0.1) is 11.3 Å². The van der Waals surface area contributed by atoms with Crippen molar-refractivity contribution in [2.75, 3.05) is 20.1 Å². The number of piperidine rings is 1. The number of halogens is 1. The van der Waals surface area contributed by atoms with Gasteiger partial charge >= 0.3 is 0 Å². The number of ether oxygens (including phenoxy) is 1. The van der Waals surface area contributed by atoms with Crippen molar-refractivity contribution in [2.24, 2.45) is 0 Å². The molecule has 0 bridgehead atoms. The van der Waals surface area contributed by atoms with Gasteiger partial charge in [0, 0.05) is 17.6 Å². The van der Waals surface area contributed by atoms with E-state index >= 15 is 0 Å². The molecule has 1 aliphatic heterocycles. The highest BCUT2D eigenvalue weighted by molar-refractivity contribution is 9.10. The normalized spacial score (nSPS) is 17.7. The molecule has 1 aliphatic rings. The first-order valence-electron chi connectivity index (χ1n) is 5.74. The lowest BCUT2D eigenvalue weighted by molar-refractivity contribution is 0.114. The maximum absolute atomic E-state index is 9.03. The summed E-state index contributed by atoms with van der Waals surface area (Å²) in [5.41, 5.74) is 0.604. The van der Waals surface area contributed by atoms with Crippen molar-refractivity contribution in [1.29, 1.82) is 5.26 Å². The van der Waals surface area contributed by atoms with Crippen LogP contribution in [-0.4, -0.2) is 31.1 Å². The summed E-state index contributed by atoms with van der Waals surface area (Å²) in [5, 5.41) is 9.03. The monoisotopic (exact) mass is 294 g/mol. The molecule has 1 heterocycles. The zero-order valence-corrected chi connectivity index (χ0v) is 11.4. The first-order chi connectivity index (χ1) is 8.19. The zero-order valence-electron chi connectivity index (χ0n) is 9.82. The SMILES string of the molecule is CN1CCC(Oc2cc(Br)ccc2C#N)CC1. The van der Waals surface area contributed by atoms with Gasteiger partial charge in [0.05, 0.1) is 5.56 Å². The van der Waals surface area contributed by atoms with Crippen molar-refractivity contribution in [3.8, 4) is 11.8 Å². The van der Waals surface area contributed by atoms with Gasteiger partial charge in [-0.3, -0.25) is 0 Å². The minimum atomic E-state index is 0.229. The summed E-state index contributed by atoms with van der Waals surface area (Å²) in [6.07, 6.45) is 2.27. The van der Waals surface area contributed by atoms with Crippen molar-refractivity contribution in [3.63, 3.8) is 0 Å². The van der Waals surface area contributed by atoms with Gasteiger partial charge in [-0.2, -0.15) is 5.26 Å². The van der Waals surface area contributed by atoms with Crippen LogP contribution in [0.25, 0.3) is 0 Å². The van der Waals surface area contributed by atoms with Crippen LogP contribution in [0.5, 0.6) is 5.75 Å². The summed E-state index contributed by atoms with van der Waals surface area (Å²) in [5.74, 6) is 0.691. The second-order valence-electron chi connectivity index (χ2n) is 4.37. The minimum absolute atomic E-state index is 0.229. The highest BCUT2D eigenvalue weighted by Crippen LogP contribution is 2.26. The molecule has 0 amide bonds. The molecule has 0 unspecified atom stereocenters. The first kappa shape index (κ1) is 12.4. The van der Waals surface area contributed by atoms with Crippen molar-refractivity contribution in [3.05, 3.63) is 28.2 Å². The van der Waals surface area contributed by atoms with Crippen LogP contribution in [0.4, 0.5) is 0 Å². The molecule has 1 saturated heterocycles. The molecule has 0 radical (unpaired) electrons. The molecule has 0 atom stereocenters. The van der Waals surface area contributed by atoms with Gasteiger partial charge in [-0.1, -0.05) is 15.9 Å². The van der Waals surface area contributed by atoms with E-state index in [-0.39, 0.29) is 6.10 Å². The summed E-state index contributed by atoms with van der Waals surface area (Å²) in [6, 6.07) is 7.68. The summed E-state index contributed by atoms with van der Waals surface area (Å²) >= 11 is 3.40. The van der Waals surface area contributed by atoms with Crippen molar-refractivity contribution >= 4 is 15.9 Å². The number of hydrogen-bond donors (Lipinski definition) is 0. The largest absolute Gasteiger partial charge is 0.489 e. The Morgan fingerprint density at radius 2 is 2.12 bits per heavy atom. The molecule has 0 saturated carbocycles. The Balaban J connectivity index is 2.08. The van der Waals surface area contributed by atoms with E-state index < -0.39 is 0 Å². The van der Waals surface area contributed by atoms with Crippen molar-refractivity contribution < 1.29 is 4.74 Å². The lowest BCUT2D eigenvalue weighted by Crippen LogP contribution is -2.35. The topological polar surface area (TPSA) is 36.3 Å². The number of rotatable bonds is 2. The molecular formula is C13H15BrN2O. The van der Waals surface area contributed by atoms with Crippen LogP contribution >= 0.6 is 15.9 Å². The average molecular weight is 295 g/mol. The standard InChI is InChI=1S/C13H15BrN2O/c1-16-6-4-12(5-7-16)17-13-8-11(14)3-2-10(13)9-15/h2-3,8,12H,4-7H2,1H3. The Morgan fingerprint density at radius 1 is 1.41 bits per heavy atom. The molecule has 0 N–H and O–H groups in total. The van der Waals surface area contributed by atoms with Crippen molar-refractivity contribution in [2.45, 2.75) is 18.9 Å². The quantitative estimate of drug-likeness (QED) is 0.841. The van der Waals surface area contributed by atoms with Crippen molar-refractivity contribution in [1.82, 2.24) is 4.90 Å². The van der Waals surface area contributed by atoms with Crippen LogP contribution in [0.15, 0.2) is 22.7 Å². The van der Waals surface area contributed by atoms with Crippen LogP contribution in [0.3, 0.4) is 0 Å². The van der Waals surface area contributed by atoms with E-state index in [9.17, 15) is 0 Å². The lowest BCUT2D eigenvalue weighted by atomic mass is 10.1. The number of nitriles is 1. The van der Waals surface area contributed by atoms with E-state index in [4.69, 9.17) is 10.00 Å². The van der Waals surface area contributed by atoms with E-state index in [1.807, 2.05) is 12.1 Å². The highest BCUT2D eigenvalue weighted by Gasteiger charge is 2.19. The van der Waals surface area contributed by atoms with Gasteiger partial charge < -0.3 is 9.64 Å². The predicted molar refractivity (Wildman–Crippen MR) is 70.0 cm³/mol. The third kappa shape index (κ3) is 3.21. The van der Waals surface area contributed by atoms with Crippen LogP contribution in [0.1, 0.15) is 18.4 Å². The van der Waals surface area contributed by atoms with Crippen LogP contribution in [0.2, 0.25) is 0 Å². The van der Waals surface area contributed by atoms with E-state index in [1.165, 1.54) is 0 Å². The molecule has 17 heavy (non-hydrogen) atoms. The third-order valence-electron chi connectivity index (χ3n) is 3.02. The number of hydrogen-bond acceptors (Lipinski definition) is 3. The van der Waals surface area contributed by atoms with Gasteiger partial charge in [-0.15, -0.1) is 0 Å². The Bertz CT molecular complexity index is 434. The Kier molecular flexibility index (Phi) is 4.03. The second-order valence-corrected chi connectivity index (χ2v) is 5.29. The number of likely N-dealkylation sites (tertiary alicyclic amines) is 1. The highest BCUT2D eigenvalue weighted by atomic mass is 79.9. The molecule has 0 aliphatic carbocycles. The summed E-state index contributed by atoms with van der Waals surface area (Å²) in [7, 11) is 2.12. The molecule has 4 heteroatoms. The molecular weight excluding hydrogens is 280 g/mol. The molecule has 1 aromatic carbocycles. The fourth-order valence-corrected chi connectivity index (χ4v) is 2.31. The van der Waals surface area contributed by atoms with Crippen LogP contribution in [-0.2, 0) is 0 Å². The number of benzene rings is 1. The first-order valence-corrected chi connectivity index (χ1v) is 6.53. The number of nitrogens with zero attached hydrogens (tertiary/aromatic N) is 2. The molecule has 3 nitrogen and oxygen atoms in total. The Morgan fingerprint density at radius 3 is 2.76 bits per heavy atom. The third-order valence-corrected chi connectivity index (χ3v) is 3.52. The van der Waals surface area contributed by atoms with Gasteiger partial charge in [0.1, 0.15) is 17.9 Å². The Labute approximate surface area is 110 Å². The van der Waals surface area contributed by atoms with E-state index in [0.717, 1.165) is 30.4 Å². The maximum atomic E-state index is 9.03. The molecule has 1 aromatic rings. The van der Waals surface area contributed by atoms with Gasteiger partial charge in [0.15, 0.2) is 0 Å². The average Bonchev–Trinajstić information content (AvgIpc) is 2.32. The fraction of sp³-hybridized carbons (Fsp3) is 0.462. The second kappa shape index (κ2) is 5.52.